The molecule has 3 rings (SSSR count). The summed E-state index contributed by atoms with van der Waals surface area (Å²) in [6.07, 6.45) is 0. The largest absolute Gasteiger partial charge is 0.496 e. The highest BCUT2D eigenvalue weighted by atomic mass is 35.5. The van der Waals surface area contributed by atoms with E-state index in [9.17, 15) is 8.42 Å². The maximum absolute atomic E-state index is 12.6. The topological polar surface area (TPSA) is 58.6 Å². The van der Waals surface area contributed by atoms with Crippen molar-refractivity contribution in [1.29, 1.82) is 0 Å². The molecule has 2 aromatic rings. The summed E-state index contributed by atoms with van der Waals surface area (Å²) in [6.45, 7) is 2.96. The fourth-order valence-corrected chi connectivity index (χ4v) is 4.53. The first kappa shape index (κ1) is 20.7. The minimum absolute atomic E-state index is 0. The third-order valence-corrected chi connectivity index (χ3v) is 6.31. The monoisotopic (exact) mass is 396 g/mol. The van der Waals surface area contributed by atoms with Gasteiger partial charge in [0.25, 0.3) is 0 Å². The molecule has 0 aromatic heterocycles. The number of nitrogens with zero attached hydrogens (tertiary/aromatic N) is 1. The highest BCUT2D eigenvalue weighted by Gasteiger charge is 2.27. The molecule has 7 heteroatoms. The maximum Gasteiger partial charge on any atom is 0.179 e. The molecule has 1 atom stereocenters. The van der Waals surface area contributed by atoms with Gasteiger partial charge in [-0.1, -0.05) is 36.4 Å². The molecule has 142 valence electrons. The number of methoxy groups -OCH3 is 1. The standard InChI is InChI=1S/C19H24N2O3S.ClH/c1-24-19-10-6-5-9-17(19)18-15-20-11-12-21(18)13-14-25(22,23)16-7-3-2-4-8-16;/h2-10,18,20H,11-15H2,1H3;1H. The van der Waals surface area contributed by atoms with Crippen molar-refractivity contribution < 1.29 is 13.2 Å². The molecular formula is C19H25ClN2O3S. The van der Waals surface area contributed by atoms with Gasteiger partial charge < -0.3 is 10.1 Å². The van der Waals surface area contributed by atoms with Gasteiger partial charge in [0.1, 0.15) is 5.75 Å². The summed E-state index contributed by atoms with van der Waals surface area (Å²) < 4.78 is 30.6. The smallest absolute Gasteiger partial charge is 0.179 e. The number of sulfone groups is 1. The Morgan fingerprint density at radius 2 is 1.81 bits per heavy atom. The summed E-state index contributed by atoms with van der Waals surface area (Å²) in [5, 5.41) is 3.40. The van der Waals surface area contributed by atoms with Crippen LogP contribution in [0, 0.1) is 0 Å². The predicted octanol–water partition coefficient (Wildman–Crippen LogP) is 2.54. The molecule has 1 saturated heterocycles. The number of nitrogens with one attached hydrogen (secondary N) is 1. The van der Waals surface area contributed by atoms with Gasteiger partial charge in [0, 0.05) is 31.7 Å². The zero-order valence-electron chi connectivity index (χ0n) is 14.8. The van der Waals surface area contributed by atoms with Gasteiger partial charge in [-0.3, -0.25) is 4.90 Å². The zero-order chi connectivity index (χ0) is 17.7. The third-order valence-electron chi connectivity index (χ3n) is 4.60. The molecule has 0 bridgehead atoms. The molecule has 1 heterocycles. The lowest BCUT2D eigenvalue weighted by Crippen LogP contribution is -2.47. The van der Waals surface area contributed by atoms with Gasteiger partial charge in [-0.2, -0.15) is 0 Å². The third kappa shape index (κ3) is 4.76. The molecule has 1 aliphatic rings. The van der Waals surface area contributed by atoms with Crippen molar-refractivity contribution in [1.82, 2.24) is 10.2 Å². The van der Waals surface area contributed by atoms with Crippen molar-refractivity contribution in [3.05, 3.63) is 60.2 Å². The number of rotatable bonds is 6. The van der Waals surface area contributed by atoms with E-state index in [-0.39, 0.29) is 24.2 Å². The zero-order valence-corrected chi connectivity index (χ0v) is 16.4. The molecular weight excluding hydrogens is 372 g/mol. The Morgan fingerprint density at radius 1 is 1.12 bits per heavy atom. The minimum atomic E-state index is -3.27. The summed E-state index contributed by atoms with van der Waals surface area (Å²) in [5.74, 6) is 0.954. The molecule has 0 spiro atoms. The van der Waals surface area contributed by atoms with E-state index < -0.39 is 9.84 Å². The average Bonchev–Trinajstić information content (AvgIpc) is 2.67. The summed E-state index contributed by atoms with van der Waals surface area (Å²) in [7, 11) is -1.61. The number of para-hydroxylation sites is 1. The van der Waals surface area contributed by atoms with E-state index in [4.69, 9.17) is 4.74 Å². The highest BCUT2D eigenvalue weighted by Crippen LogP contribution is 2.30. The fourth-order valence-electron chi connectivity index (χ4n) is 3.25. The van der Waals surface area contributed by atoms with E-state index in [2.05, 4.69) is 16.3 Å². The molecule has 1 aliphatic heterocycles. The highest BCUT2D eigenvalue weighted by molar-refractivity contribution is 7.91. The predicted molar refractivity (Wildman–Crippen MR) is 106 cm³/mol. The van der Waals surface area contributed by atoms with Crippen LogP contribution in [-0.2, 0) is 9.84 Å². The number of halogens is 1. The van der Waals surface area contributed by atoms with Gasteiger partial charge in [0.05, 0.1) is 23.8 Å². The van der Waals surface area contributed by atoms with Gasteiger partial charge >= 0.3 is 0 Å². The summed E-state index contributed by atoms with van der Waals surface area (Å²) in [5.41, 5.74) is 1.09. The number of benzene rings is 2. The van der Waals surface area contributed by atoms with E-state index in [0.29, 0.717) is 11.4 Å². The van der Waals surface area contributed by atoms with Gasteiger partial charge in [-0.25, -0.2) is 8.42 Å². The van der Waals surface area contributed by atoms with E-state index >= 15 is 0 Å². The van der Waals surface area contributed by atoms with Crippen LogP contribution < -0.4 is 10.1 Å². The molecule has 1 N–H and O–H groups in total. The van der Waals surface area contributed by atoms with Crippen LogP contribution in [-0.4, -0.2) is 52.4 Å². The molecule has 5 nitrogen and oxygen atoms in total. The fraction of sp³-hybridized carbons (Fsp3) is 0.368. The summed E-state index contributed by atoms with van der Waals surface area (Å²) in [6, 6.07) is 16.7. The van der Waals surface area contributed by atoms with Crippen molar-refractivity contribution >= 4 is 22.2 Å². The normalized spacial score (nSPS) is 18.1. The number of ether oxygens (including phenoxy) is 1. The number of hydrogen-bond acceptors (Lipinski definition) is 5. The molecule has 1 fully saturated rings. The molecule has 0 radical (unpaired) electrons. The van der Waals surface area contributed by atoms with E-state index in [1.165, 1.54) is 0 Å². The Bertz CT molecular complexity index is 799. The van der Waals surface area contributed by atoms with Gasteiger partial charge in [0.15, 0.2) is 9.84 Å². The minimum Gasteiger partial charge on any atom is -0.496 e. The van der Waals surface area contributed by atoms with Crippen LogP contribution in [0.4, 0.5) is 0 Å². The van der Waals surface area contributed by atoms with E-state index in [1.54, 1.807) is 31.4 Å². The lowest BCUT2D eigenvalue weighted by molar-refractivity contribution is 0.168. The Hall–Kier alpha value is -1.60. The average molecular weight is 397 g/mol. The molecule has 2 aromatic carbocycles. The first-order valence-corrected chi connectivity index (χ1v) is 10.1. The Labute approximate surface area is 161 Å². The quantitative estimate of drug-likeness (QED) is 0.813. The van der Waals surface area contributed by atoms with Crippen molar-refractivity contribution in [2.75, 3.05) is 39.0 Å². The molecule has 0 aliphatic carbocycles. The van der Waals surface area contributed by atoms with Gasteiger partial charge in [0.2, 0.25) is 0 Å². The number of hydrogen-bond donors (Lipinski definition) is 1. The van der Waals surface area contributed by atoms with Crippen LogP contribution in [0.15, 0.2) is 59.5 Å². The lowest BCUT2D eigenvalue weighted by Gasteiger charge is -2.37. The SMILES string of the molecule is COc1ccccc1C1CNCCN1CCS(=O)(=O)c1ccccc1.Cl. The van der Waals surface area contributed by atoms with Crippen LogP contribution >= 0.6 is 12.4 Å². The summed E-state index contributed by atoms with van der Waals surface area (Å²) in [4.78, 5) is 2.62. The molecule has 0 saturated carbocycles. The summed E-state index contributed by atoms with van der Waals surface area (Å²) >= 11 is 0. The van der Waals surface area contributed by atoms with Crippen molar-refractivity contribution in [3.63, 3.8) is 0 Å². The van der Waals surface area contributed by atoms with Crippen LogP contribution in [0.3, 0.4) is 0 Å². The van der Waals surface area contributed by atoms with Crippen LogP contribution in [0.2, 0.25) is 0 Å². The first-order valence-electron chi connectivity index (χ1n) is 8.47. The number of piperazine rings is 1. The van der Waals surface area contributed by atoms with Crippen molar-refractivity contribution in [2.24, 2.45) is 0 Å². The maximum atomic E-state index is 12.6. The van der Waals surface area contributed by atoms with Gasteiger partial charge in [-0.05, 0) is 18.2 Å². The van der Waals surface area contributed by atoms with Crippen LogP contribution in [0.5, 0.6) is 5.75 Å². The Kier molecular flexibility index (Phi) is 7.46. The van der Waals surface area contributed by atoms with Crippen molar-refractivity contribution in [3.8, 4) is 5.75 Å². The second kappa shape index (κ2) is 9.37. The molecule has 26 heavy (non-hydrogen) atoms. The second-order valence-electron chi connectivity index (χ2n) is 6.13. The Balaban J connectivity index is 0.00000243. The second-order valence-corrected chi connectivity index (χ2v) is 8.24. The first-order chi connectivity index (χ1) is 12.1. The lowest BCUT2D eigenvalue weighted by atomic mass is 10.0. The van der Waals surface area contributed by atoms with Crippen LogP contribution in [0.1, 0.15) is 11.6 Å². The van der Waals surface area contributed by atoms with Crippen molar-refractivity contribution in [2.45, 2.75) is 10.9 Å². The molecule has 0 amide bonds. The van der Waals surface area contributed by atoms with Gasteiger partial charge in [-0.15, -0.1) is 12.4 Å². The van der Waals surface area contributed by atoms with Crippen LogP contribution in [0.25, 0.3) is 0 Å². The van der Waals surface area contributed by atoms with E-state index in [0.717, 1.165) is 30.9 Å². The van der Waals surface area contributed by atoms with E-state index in [1.807, 2.05) is 24.3 Å². The molecule has 1 unspecified atom stereocenters. The Morgan fingerprint density at radius 3 is 2.54 bits per heavy atom.